The lowest BCUT2D eigenvalue weighted by Crippen LogP contribution is -2.35. The number of halogens is 3. The zero-order valence-corrected chi connectivity index (χ0v) is 24.9. The van der Waals surface area contributed by atoms with E-state index in [4.69, 9.17) is 24.7 Å². The standard InChI is InChI=1S/C33H33F3N4O6/c1-43-29-18-25-27(19-30(29)44-17-15-26(37)31(41)46-23-4-2-3-5-23)38-16-14-28(25)45-24-12-10-22(11-13-24)40-32(42)39-21-8-6-20(7-9-21)33(34,35)36/h6-14,16,18-19,23,26H,2-5,15,17,37H2,1H3,(H2,39,40,42). The smallest absolute Gasteiger partial charge is 0.416 e. The fourth-order valence-corrected chi connectivity index (χ4v) is 4.93. The molecule has 4 aromatic rings. The average Bonchev–Trinajstić information content (AvgIpc) is 3.54. The highest BCUT2D eigenvalue weighted by molar-refractivity contribution is 5.99. The van der Waals surface area contributed by atoms with Gasteiger partial charge in [0.05, 0.1) is 24.8 Å². The Kier molecular flexibility index (Phi) is 10.1. The molecule has 1 unspecified atom stereocenters. The van der Waals surface area contributed by atoms with Crippen LogP contribution in [0.25, 0.3) is 10.9 Å². The predicted molar refractivity (Wildman–Crippen MR) is 165 cm³/mol. The highest BCUT2D eigenvalue weighted by Gasteiger charge is 2.30. The van der Waals surface area contributed by atoms with Crippen LogP contribution in [-0.4, -0.2) is 42.8 Å². The summed E-state index contributed by atoms with van der Waals surface area (Å²) in [5.74, 6) is 1.41. The van der Waals surface area contributed by atoms with Crippen LogP contribution in [-0.2, 0) is 15.7 Å². The fourth-order valence-electron chi connectivity index (χ4n) is 4.93. The maximum Gasteiger partial charge on any atom is 0.416 e. The van der Waals surface area contributed by atoms with Crippen molar-refractivity contribution in [2.75, 3.05) is 24.4 Å². The summed E-state index contributed by atoms with van der Waals surface area (Å²) >= 11 is 0. The number of amides is 2. The predicted octanol–water partition coefficient (Wildman–Crippen LogP) is 7.28. The third kappa shape index (κ3) is 8.36. The molecule has 1 fully saturated rings. The topological polar surface area (TPSA) is 134 Å². The molecule has 0 spiro atoms. The Hall–Kier alpha value is -5.04. The minimum absolute atomic E-state index is 0.0487. The van der Waals surface area contributed by atoms with Crippen LogP contribution in [0.4, 0.5) is 29.3 Å². The number of anilines is 2. The number of alkyl halides is 3. The van der Waals surface area contributed by atoms with E-state index < -0.39 is 29.8 Å². The quantitative estimate of drug-likeness (QED) is 0.146. The summed E-state index contributed by atoms with van der Waals surface area (Å²) in [6, 6.07) is 14.4. The number of nitrogens with zero attached hydrogens (tertiary/aromatic N) is 1. The maximum atomic E-state index is 12.8. The second-order valence-electron chi connectivity index (χ2n) is 10.7. The SMILES string of the molecule is COc1cc2c(Oc3ccc(NC(=O)Nc4ccc(C(F)(F)F)cc4)cc3)ccnc2cc1OCCC(N)C(=O)OC1CCCC1. The number of hydrogen-bond acceptors (Lipinski definition) is 8. The highest BCUT2D eigenvalue weighted by Crippen LogP contribution is 2.37. The van der Waals surface area contributed by atoms with E-state index in [9.17, 15) is 22.8 Å². The van der Waals surface area contributed by atoms with Gasteiger partial charge < -0.3 is 35.3 Å². The minimum atomic E-state index is -4.46. The van der Waals surface area contributed by atoms with Gasteiger partial charge in [-0.1, -0.05) is 0 Å². The normalized spacial score (nSPS) is 14.0. The van der Waals surface area contributed by atoms with Crippen LogP contribution >= 0.6 is 0 Å². The Labute approximate surface area is 263 Å². The molecule has 1 aromatic heterocycles. The van der Waals surface area contributed by atoms with Gasteiger partial charge in [0.2, 0.25) is 0 Å². The molecular weight excluding hydrogens is 605 g/mol. The van der Waals surface area contributed by atoms with Gasteiger partial charge in [0.15, 0.2) is 11.5 Å². The second-order valence-corrected chi connectivity index (χ2v) is 10.7. The van der Waals surface area contributed by atoms with E-state index in [2.05, 4.69) is 15.6 Å². The Bertz CT molecular complexity index is 1660. The molecule has 0 saturated heterocycles. The van der Waals surface area contributed by atoms with Gasteiger partial charge in [0.1, 0.15) is 23.6 Å². The number of benzene rings is 3. The van der Waals surface area contributed by atoms with Crippen LogP contribution in [0, 0.1) is 0 Å². The molecule has 10 nitrogen and oxygen atoms in total. The number of pyridine rings is 1. The van der Waals surface area contributed by atoms with Crippen molar-refractivity contribution in [3.63, 3.8) is 0 Å². The number of carbonyl (C=O) groups excluding carboxylic acids is 2. The Balaban J connectivity index is 1.18. The minimum Gasteiger partial charge on any atom is -0.493 e. The van der Waals surface area contributed by atoms with E-state index in [0.717, 1.165) is 37.8 Å². The molecule has 13 heteroatoms. The molecule has 2 amide bonds. The third-order valence-electron chi connectivity index (χ3n) is 7.37. The van der Waals surface area contributed by atoms with E-state index in [0.29, 0.717) is 39.6 Å². The third-order valence-corrected chi connectivity index (χ3v) is 7.37. The van der Waals surface area contributed by atoms with Crippen LogP contribution in [0.2, 0.25) is 0 Å². The number of rotatable bonds is 11. The molecule has 1 aliphatic rings. The molecule has 1 atom stereocenters. The van der Waals surface area contributed by atoms with Crippen LogP contribution < -0.4 is 30.6 Å². The van der Waals surface area contributed by atoms with Crippen LogP contribution in [0.3, 0.4) is 0 Å². The number of carbonyl (C=O) groups is 2. The fraction of sp³-hybridized carbons (Fsp3) is 0.303. The first-order valence-corrected chi connectivity index (χ1v) is 14.7. The summed E-state index contributed by atoms with van der Waals surface area (Å²) in [7, 11) is 1.51. The van der Waals surface area contributed by atoms with Crippen molar-refractivity contribution in [1.29, 1.82) is 0 Å². The number of aromatic nitrogens is 1. The van der Waals surface area contributed by atoms with E-state index in [-0.39, 0.29) is 24.8 Å². The zero-order valence-electron chi connectivity index (χ0n) is 24.9. The number of nitrogens with two attached hydrogens (primary N) is 1. The molecule has 1 aliphatic carbocycles. The number of hydrogen-bond donors (Lipinski definition) is 3. The molecule has 242 valence electrons. The summed E-state index contributed by atoms with van der Waals surface area (Å²) < 4.78 is 61.3. The van der Waals surface area contributed by atoms with Gasteiger partial charge in [-0.05, 0) is 86.3 Å². The maximum absolute atomic E-state index is 12.8. The van der Waals surface area contributed by atoms with Gasteiger partial charge >= 0.3 is 18.2 Å². The average molecular weight is 639 g/mol. The van der Waals surface area contributed by atoms with Gasteiger partial charge in [0.25, 0.3) is 0 Å². The monoisotopic (exact) mass is 638 g/mol. The van der Waals surface area contributed by atoms with E-state index >= 15 is 0 Å². The van der Waals surface area contributed by atoms with Gasteiger partial charge in [-0.2, -0.15) is 13.2 Å². The van der Waals surface area contributed by atoms with Crippen molar-refractivity contribution in [2.24, 2.45) is 5.73 Å². The van der Waals surface area contributed by atoms with Crippen LogP contribution in [0.5, 0.6) is 23.0 Å². The Morgan fingerprint density at radius 1 is 0.935 bits per heavy atom. The summed E-state index contributed by atoms with van der Waals surface area (Å²) in [4.78, 5) is 29.0. The Morgan fingerprint density at radius 3 is 2.22 bits per heavy atom. The first kappa shape index (κ1) is 32.4. The molecule has 5 rings (SSSR count). The molecule has 0 aliphatic heterocycles. The van der Waals surface area contributed by atoms with E-state index in [1.807, 2.05) is 0 Å². The molecule has 46 heavy (non-hydrogen) atoms. The number of urea groups is 1. The van der Waals surface area contributed by atoms with Crippen LogP contribution in [0.15, 0.2) is 72.9 Å². The number of ether oxygens (including phenoxy) is 4. The summed E-state index contributed by atoms with van der Waals surface area (Å²) in [5.41, 5.74) is 6.44. The largest absolute Gasteiger partial charge is 0.493 e. The van der Waals surface area contributed by atoms with Gasteiger partial charge in [-0.3, -0.25) is 9.78 Å². The van der Waals surface area contributed by atoms with Crippen molar-refractivity contribution in [3.05, 3.63) is 78.5 Å². The summed E-state index contributed by atoms with van der Waals surface area (Å²) in [6.45, 7) is 0.168. The lowest BCUT2D eigenvalue weighted by Gasteiger charge is -2.17. The van der Waals surface area contributed by atoms with Crippen molar-refractivity contribution < 1.29 is 41.7 Å². The summed E-state index contributed by atoms with van der Waals surface area (Å²) in [5, 5.41) is 5.77. The van der Waals surface area contributed by atoms with Gasteiger partial charge in [0, 0.05) is 35.4 Å². The number of esters is 1. The number of fused-ring (bicyclic) bond motifs is 1. The number of nitrogens with one attached hydrogen (secondary N) is 2. The van der Waals surface area contributed by atoms with Crippen molar-refractivity contribution in [3.8, 4) is 23.0 Å². The molecule has 1 heterocycles. The second kappa shape index (κ2) is 14.4. The van der Waals surface area contributed by atoms with E-state index in [1.165, 1.54) is 19.2 Å². The molecule has 4 N–H and O–H groups in total. The highest BCUT2D eigenvalue weighted by atomic mass is 19.4. The van der Waals surface area contributed by atoms with Crippen LogP contribution in [0.1, 0.15) is 37.7 Å². The van der Waals surface area contributed by atoms with E-state index in [1.54, 1.807) is 48.7 Å². The molecule has 0 radical (unpaired) electrons. The van der Waals surface area contributed by atoms with Crippen molar-refractivity contribution in [1.82, 2.24) is 4.98 Å². The molecular formula is C33H33F3N4O6. The number of methoxy groups -OCH3 is 1. The molecule has 3 aromatic carbocycles. The first-order valence-electron chi connectivity index (χ1n) is 14.7. The van der Waals surface area contributed by atoms with Gasteiger partial charge in [-0.25, -0.2) is 4.79 Å². The first-order chi connectivity index (χ1) is 22.1. The molecule has 1 saturated carbocycles. The zero-order chi connectivity index (χ0) is 32.7. The Morgan fingerprint density at radius 2 is 1.59 bits per heavy atom. The van der Waals surface area contributed by atoms with Crippen molar-refractivity contribution in [2.45, 2.75) is 50.4 Å². The lowest BCUT2D eigenvalue weighted by atomic mass is 10.1. The summed E-state index contributed by atoms with van der Waals surface area (Å²) in [6.07, 6.45) is 1.21. The van der Waals surface area contributed by atoms with Crippen molar-refractivity contribution >= 4 is 34.3 Å². The van der Waals surface area contributed by atoms with Gasteiger partial charge in [-0.15, -0.1) is 0 Å². The molecule has 0 bridgehead atoms. The lowest BCUT2D eigenvalue weighted by molar-refractivity contribution is -0.150.